The van der Waals surface area contributed by atoms with Crippen LogP contribution in [0.5, 0.6) is 0 Å². The highest BCUT2D eigenvalue weighted by molar-refractivity contribution is 6.05. The molecule has 4 heteroatoms. The number of benzene rings is 2. The lowest BCUT2D eigenvalue weighted by Crippen LogP contribution is -2.14. The van der Waals surface area contributed by atoms with Crippen LogP contribution in [-0.2, 0) is 6.42 Å². The van der Waals surface area contributed by atoms with Gasteiger partial charge in [0.05, 0.1) is 23.1 Å². The summed E-state index contributed by atoms with van der Waals surface area (Å²) in [5.74, 6) is -0.135. The monoisotopic (exact) mass is 333 g/mol. The number of aryl methyl sites for hydroxylation is 3. The SMILES string of the molecule is CCc1ccccc1-n1ncc(C(=O)Nc2ccc(C)cc2C)c1C. The van der Waals surface area contributed by atoms with E-state index in [1.54, 1.807) is 6.20 Å². The molecule has 128 valence electrons. The molecule has 0 aliphatic carbocycles. The molecule has 1 aromatic heterocycles. The zero-order chi connectivity index (χ0) is 18.0. The number of anilines is 1. The quantitative estimate of drug-likeness (QED) is 0.758. The molecule has 0 bridgehead atoms. The molecule has 0 fully saturated rings. The Hall–Kier alpha value is -2.88. The molecule has 3 aromatic rings. The highest BCUT2D eigenvalue weighted by atomic mass is 16.1. The number of nitrogens with one attached hydrogen (secondary N) is 1. The Morgan fingerprint density at radius 1 is 1.12 bits per heavy atom. The topological polar surface area (TPSA) is 46.9 Å². The minimum Gasteiger partial charge on any atom is -0.322 e. The summed E-state index contributed by atoms with van der Waals surface area (Å²) in [4.78, 5) is 12.7. The van der Waals surface area contributed by atoms with Crippen molar-refractivity contribution in [3.63, 3.8) is 0 Å². The van der Waals surface area contributed by atoms with Gasteiger partial charge in [-0.3, -0.25) is 4.79 Å². The first-order valence-corrected chi connectivity index (χ1v) is 8.52. The molecule has 0 radical (unpaired) electrons. The van der Waals surface area contributed by atoms with Crippen molar-refractivity contribution >= 4 is 11.6 Å². The Labute approximate surface area is 148 Å². The van der Waals surface area contributed by atoms with Crippen LogP contribution in [0.1, 0.15) is 39.7 Å². The first-order valence-electron chi connectivity index (χ1n) is 8.52. The number of hydrogen-bond donors (Lipinski definition) is 1. The normalized spacial score (nSPS) is 10.7. The van der Waals surface area contributed by atoms with E-state index in [2.05, 4.69) is 29.5 Å². The fourth-order valence-corrected chi connectivity index (χ4v) is 3.04. The second kappa shape index (κ2) is 6.93. The fourth-order valence-electron chi connectivity index (χ4n) is 3.04. The second-order valence-corrected chi connectivity index (χ2v) is 6.31. The molecule has 0 unspecified atom stereocenters. The third-order valence-electron chi connectivity index (χ3n) is 4.49. The van der Waals surface area contributed by atoms with Crippen LogP contribution in [0, 0.1) is 20.8 Å². The summed E-state index contributed by atoms with van der Waals surface area (Å²) in [6.07, 6.45) is 2.56. The summed E-state index contributed by atoms with van der Waals surface area (Å²) >= 11 is 0. The number of amides is 1. The van der Waals surface area contributed by atoms with Crippen molar-refractivity contribution in [2.24, 2.45) is 0 Å². The van der Waals surface area contributed by atoms with Gasteiger partial charge < -0.3 is 5.32 Å². The smallest absolute Gasteiger partial charge is 0.259 e. The predicted molar refractivity (Wildman–Crippen MR) is 102 cm³/mol. The molecule has 1 N–H and O–H groups in total. The highest BCUT2D eigenvalue weighted by Gasteiger charge is 2.17. The van der Waals surface area contributed by atoms with Gasteiger partial charge in [-0.05, 0) is 50.5 Å². The molecule has 0 aliphatic rings. The largest absolute Gasteiger partial charge is 0.322 e. The van der Waals surface area contributed by atoms with Crippen LogP contribution in [0.25, 0.3) is 5.69 Å². The van der Waals surface area contributed by atoms with E-state index in [9.17, 15) is 4.79 Å². The van der Waals surface area contributed by atoms with E-state index in [0.29, 0.717) is 5.56 Å². The molecule has 1 amide bonds. The molecule has 2 aromatic carbocycles. The zero-order valence-corrected chi connectivity index (χ0v) is 15.1. The average Bonchev–Trinajstić information content (AvgIpc) is 2.98. The number of rotatable bonds is 4. The number of carbonyl (C=O) groups excluding carboxylic acids is 1. The second-order valence-electron chi connectivity index (χ2n) is 6.31. The third-order valence-corrected chi connectivity index (χ3v) is 4.49. The van der Waals surface area contributed by atoms with Crippen LogP contribution in [0.15, 0.2) is 48.7 Å². The van der Waals surface area contributed by atoms with E-state index in [4.69, 9.17) is 0 Å². The van der Waals surface area contributed by atoms with Crippen LogP contribution in [-0.4, -0.2) is 15.7 Å². The number of hydrogen-bond acceptors (Lipinski definition) is 2. The van der Waals surface area contributed by atoms with Gasteiger partial charge in [-0.2, -0.15) is 5.10 Å². The molecular formula is C21H23N3O. The highest BCUT2D eigenvalue weighted by Crippen LogP contribution is 2.21. The number of aromatic nitrogens is 2. The van der Waals surface area contributed by atoms with E-state index < -0.39 is 0 Å². The lowest BCUT2D eigenvalue weighted by Gasteiger charge is -2.11. The van der Waals surface area contributed by atoms with Gasteiger partial charge >= 0.3 is 0 Å². The van der Waals surface area contributed by atoms with Gasteiger partial charge in [-0.25, -0.2) is 4.68 Å². The summed E-state index contributed by atoms with van der Waals surface area (Å²) in [6, 6.07) is 14.1. The number of nitrogens with zero attached hydrogens (tertiary/aromatic N) is 2. The number of carbonyl (C=O) groups is 1. The van der Waals surface area contributed by atoms with E-state index in [1.165, 1.54) is 11.1 Å². The van der Waals surface area contributed by atoms with Gasteiger partial charge in [-0.15, -0.1) is 0 Å². The fraction of sp³-hybridized carbons (Fsp3) is 0.238. The van der Waals surface area contributed by atoms with E-state index in [1.807, 2.05) is 55.8 Å². The van der Waals surface area contributed by atoms with Crippen LogP contribution in [0.4, 0.5) is 5.69 Å². The summed E-state index contributed by atoms with van der Waals surface area (Å²) in [5.41, 5.74) is 6.71. The maximum absolute atomic E-state index is 12.7. The standard InChI is InChI=1S/C21H23N3O/c1-5-17-8-6-7-9-20(17)24-16(4)18(13-22-24)21(25)23-19-11-10-14(2)12-15(19)3/h6-13H,5H2,1-4H3,(H,23,25). The average molecular weight is 333 g/mol. The minimum absolute atomic E-state index is 0.135. The molecule has 4 nitrogen and oxygen atoms in total. The molecule has 0 saturated heterocycles. The molecule has 0 atom stereocenters. The Kier molecular flexibility index (Phi) is 4.70. The van der Waals surface area contributed by atoms with Crippen molar-refractivity contribution < 1.29 is 4.79 Å². The molecule has 1 heterocycles. The van der Waals surface area contributed by atoms with E-state index in [-0.39, 0.29) is 5.91 Å². The first kappa shape index (κ1) is 17.0. The third kappa shape index (κ3) is 3.33. The van der Waals surface area contributed by atoms with Gasteiger partial charge in [0.2, 0.25) is 0 Å². The number of para-hydroxylation sites is 1. The van der Waals surface area contributed by atoms with Crippen LogP contribution in [0.3, 0.4) is 0 Å². The van der Waals surface area contributed by atoms with Crippen molar-refractivity contribution in [1.29, 1.82) is 0 Å². The van der Waals surface area contributed by atoms with Crippen molar-refractivity contribution in [1.82, 2.24) is 9.78 Å². The van der Waals surface area contributed by atoms with Gasteiger partial charge in [0.15, 0.2) is 0 Å². The Bertz CT molecular complexity index is 925. The van der Waals surface area contributed by atoms with Gasteiger partial charge in [0.25, 0.3) is 5.91 Å². The minimum atomic E-state index is -0.135. The maximum Gasteiger partial charge on any atom is 0.259 e. The van der Waals surface area contributed by atoms with Crippen molar-refractivity contribution in [3.05, 3.63) is 76.6 Å². The molecular weight excluding hydrogens is 310 g/mol. The molecule has 25 heavy (non-hydrogen) atoms. The van der Waals surface area contributed by atoms with E-state index in [0.717, 1.165) is 29.1 Å². The van der Waals surface area contributed by atoms with Gasteiger partial charge in [0, 0.05) is 5.69 Å². The summed E-state index contributed by atoms with van der Waals surface area (Å²) in [6.45, 7) is 8.08. The predicted octanol–water partition coefficient (Wildman–Crippen LogP) is 4.61. The first-order chi connectivity index (χ1) is 12.0. The van der Waals surface area contributed by atoms with Crippen LogP contribution < -0.4 is 5.32 Å². The molecule has 0 saturated carbocycles. The van der Waals surface area contributed by atoms with Crippen LogP contribution in [0.2, 0.25) is 0 Å². The van der Waals surface area contributed by atoms with Crippen molar-refractivity contribution in [2.75, 3.05) is 5.32 Å². The Morgan fingerprint density at radius 3 is 2.60 bits per heavy atom. The molecule has 3 rings (SSSR count). The molecule has 0 aliphatic heterocycles. The summed E-state index contributed by atoms with van der Waals surface area (Å²) < 4.78 is 1.84. The van der Waals surface area contributed by atoms with Crippen molar-refractivity contribution in [3.8, 4) is 5.69 Å². The molecule has 0 spiro atoms. The summed E-state index contributed by atoms with van der Waals surface area (Å²) in [7, 11) is 0. The Morgan fingerprint density at radius 2 is 1.88 bits per heavy atom. The maximum atomic E-state index is 12.7. The van der Waals surface area contributed by atoms with Gasteiger partial charge in [0.1, 0.15) is 0 Å². The van der Waals surface area contributed by atoms with Gasteiger partial charge in [-0.1, -0.05) is 42.8 Å². The van der Waals surface area contributed by atoms with E-state index >= 15 is 0 Å². The zero-order valence-electron chi connectivity index (χ0n) is 15.1. The summed E-state index contributed by atoms with van der Waals surface area (Å²) in [5, 5.41) is 7.45. The lowest BCUT2D eigenvalue weighted by atomic mass is 10.1. The lowest BCUT2D eigenvalue weighted by molar-refractivity contribution is 0.102. The Balaban J connectivity index is 1.91. The van der Waals surface area contributed by atoms with Crippen LogP contribution >= 0.6 is 0 Å². The van der Waals surface area contributed by atoms with Crippen molar-refractivity contribution in [2.45, 2.75) is 34.1 Å².